The van der Waals surface area contributed by atoms with Gasteiger partial charge in [0.25, 0.3) is 0 Å². The van der Waals surface area contributed by atoms with Crippen molar-refractivity contribution < 1.29 is 18.3 Å². The van der Waals surface area contributed by atoms with Crippen molar-refractivity contribution in [1.82, 2.24) is 10.2 Å². The molecule has 3 nitrogen and oxygen atoms in total. The zero-order chi connectivity index (χ0) is 15.2. The van der Waals surface area contributed by atoms with Crippen molar-refractivity contribution in [3.8, 4) is 0 Å². The van der Waals surface area contributed by atoms with E-state index in [1.165, 1.54) is 4.90 Å². The third-order valence-electron chi connectivity index (χ3n) is 4.04. The number of halogens is 3. The van der Waals surface area contributed by atoms with Crippen LogP contribution in [0.2, 0.25) is 0 Å². The van der Waals surface area contributed by atoms with Gasteiger partial charge in [0, 0.05) is 11.6 Å². The van der Waals surface area contributed by atoms with Gasteiger partial charge in [0.05, 0.1) is 13.2 Å². The Kier molecular flexibility index (Phi) is 6.75. The molecule has 1 fully saturated rings. The summed E-state index contributed by atoms with van der Waals surface area (Å²) in [7, 11) is 0. The molecule has 0 aromatic rings. The van der Waals surface area contributed by atoms with E-state index in [1.807, 2.05) is 13.8 Å². The minimum absolute atomic E-state index is 0.00448. The van der Waals surface area contributed by atoms with Gasteiger partial charge in [0.15, 0.2) is 0 Å². The van der Waals surface area contributed by atoms with Gasteiger partial charge in [-0.2, -0.15) is 13.2 Å². The fourth-order valence-electron chi connectivity index (χ4n) is 3.07. The summed E-state index contributed by atoms with van der Waals surface area (Å²) in [6.07, 6.45) is -0.440. The number of hydrogen-bond acceptors (Lipinski definition) is 3. The standard InChI is InChI=1S/C14H27F3N2O/c1-3-7-18-13(11-20)6-5-12(9-13)19(8-4-2)10-14(15,16)17/h12,18,20H,3-11H2,1-2H3. The van der Waals surface area contributed by atoms with Gasteiger partial charge in [0.1, 0.15) is 0 Å². The molecule has 120 valence electrons. The molecule has 2 N–H and O–H groups in total. The van der Waals surface area contributed by atoms with Crippen LogP contribution < -0.4 is 5.32 Å². The van der Waals surface area contributed by atoms with Crippen molar-refractivity contribution in [2.75, 3.05) is 26.2 Å². The van der Waals surface area contributed by atoms with Crippen LogP contribution in [0.3, 0.4) is 0 Å². The topological polar surface area (TPSA) is 35.5 Å². The van der Waals surface area contributed by atoms with Gasteiger partial charge in [0.2, 0.25) is 0 Å². The van der Waals surface area contributed by atoms with E-state index >= 15 is 0 Å². The highest BCUT2D eigenvalue weighted by atomic mass is 19.4. The van der Waals surface area contributed by atoms with E-state index in [0.29, 0.717) is 25.8 Å². The number of aliphatic hydroxyl groups is 1. The molecule has 0 aromatic heterocycles. The molecule has 0 aromatic carbocycles. The third kappa shape index (κ3) is 5.22. The average molecular weight is 296 g/mol. The largest absolute Gasteiger partial charge is 0.401 e. The van der Waals surface area contributed by atoms with Crippen LogP contribution in [0.4, 0.5) is 13.2 Å². The highest BCUT2D eigenvalue weighted by molar-refractivity contribution is 4.99. The van der Waals surface area contributed by atoms with Crippen LogP contribution in [0.25, 0.3) is 0 Å². The lowest BCUT2D eigenvalue weighted by molar-refractivity contribution is -0.151. The van der Waals surface area contributed by atoms with Gasteiger partial charge < -0.3 is 10.4 Å². The zero-order valence-electron chi connectivity index (χ0n) is 12.5. The van der Waals surface area contributed by atoms with E-state index in [0.717, 1.165) is 19.4 Å². The van der Waals surface area contributed by atoms with Crippen LogP contribution in [-0.4, -0.2) is 54.0 Å². The number of hydrogen-bond donors (Lipinski definition) is 2. The molecule has 1 aliphatic rings. The molecule has 0 bridgehead atoms. The van der Waals surface area contributed by atoms with Crippen LogP contribution in [0.5, 0.6) is 0 Å². The van der Waals surface area contributed by atoms with E-state index in [-0.39, 0.29) is 12.6 Å². The second-order valence-electron chi connectivity index (χ2n) is 5.85. The predicted octanol–water partition coefficient (Wildman–Crippen LogP) is 2.54. The summed E-state index contributed by atoms with van der Waals surface area (Å²) in [5.41, 5.74) is -0.391. The van der Waals surface area contributed by atoms with Gasteiger partial charge >= 0.3 is 6.18 Å². The smallest absolute Gasteiger partial charge is 0.394 e. The number of aliphatic hydroxyl groups excluding tert-OH is 1. The summed E-state index contributed by atoms with van der Waals surface area (Å²) in [5.74, 6) is 0. The number of nitrogens with zero attached hydrogens (tertiary/aromatic N) is 1. The van der Waals surface area contributed by atoms with Crippen molar-refractivity contribution in [1.29, 1.82) is 0 Å². The lowest BCUT2D eigenvalue weighted by atomic mass is 9.98. The summed E-state index contributed by atoms with van der Waals surface area (Å²) in [4.78, 5) is 1.53. The van der Waals surface area contributed by atoms with Crippen molar-refractivity contribution in [3.05, 3.63) is 0 Å². The second-order valence-corrected chi connectivity index (χ2v) is 5.85. The maximum absolute atomic E-state index is 12.7. The van der Waals surface area contributed by atoms with E-state index in [1.54, 1.807) is 0 Å². The van der Waals surface area contributed by atoms with E-state index in [4.69, 9.17) is 0 Å². The van der Waals surface area contributed by atoms with Gasteiger partial charge in [-0.1, -0.05) is 13.8 Å². The summed E-state index contributed by atoms with van der Waals surface area (Å²) in [6, 6.07) is -0.0897. The molecule has 6 heteroatoms. The Morgan fingerprint density at radius 1 is 1.30 bits per heavy atom. The molecule has 0 amide bonds. The van der Waals surface area contributed by atoms with E-state index in [2.05, 4.69) is 5.32 Å². The fraction of sp³-hybridized carbons (Fsp3) is 1.00. The van der Waals surface area contributed by atoms with Gasteiger partial charge in [-0.3, -0.25) is 4.90 Å². The number of rotatable bonds is 8. The lowest BCUT2D eigenvalue weighted by Gasteiger charge is -2.32. The number of alkyl halides is 3. The van der Waals surface area contributed by atoms with Crippen molar-refractivity contribution in [2.24, 2.45) is 0 Å². The Morgan fingerprint density at radius 3 is 2.50 bits per heavy atom. The minimum Gasteiger partial charge on any atom is -0.394 e. The molecule has 1 saturated carbocycles. The highest BCUT2D eigenvalue weighted by Gasteiger charge is 2.42. The highest BCUT2D eigenvalue weighted by Crippen LogP contribution is 2.34. The van der Waals surface area contributed by atoms with Gasteiger partial charge in [-0.25, -0.2) is 0 Å². The van der Waals surface area contributed by atoms with Crippen molar-refractivity contribution in [3.63, 3.8) is 0 Å². The molecule has 0 spiro atoms. The monoisotopic (exact) mass is 296 g/mol. The van der Waals surface area contributed by atoms with Crippen molar-refractivity contribution in [2.45, 2.75) is 63.7 Å². The lowest BCUT2D eigenvalue weighted by Crippen LogP contribution is -2.49. The first-order valence-corrected chi connectivity index (χ1v) is 7.52. The Balaban J connectivity index is 2.65. The average Bonchev–Trinajstić information content (AvgIpc) is 2.79. The second kappa shape index (κ2) is 7.61. The van der Waals surface area contributed by atoms with Crippen LogP contribution >= 0.6 is 0 Å². The van der Waals surface area contributed by atoms with Gasteiger partial charge in [-0.05, 0) is 45.2 Å². The van der Waals surface area contributed by atoms with Crippen LogP contribution in [-0.2, 0) is 0 Å². The molecule has 0 aliphatic heterocycles. The normalized spacial score (nSPS) is 27.4. The maximum atomic E-state index is 12.7. The zero-order valence-corrected chi connectivity index (χ0v) is 12.5. The molecule has 0 heterocycles. The SMILES string of the molecule is CCCNC1(CO)CCC(N(CCC)CC(F)(F)F)C1. The first kappa shape index (κ1) is 17.7. The van der Waals surface area contributed by atoms with Crippen LogP contribution in [0.15, 0.2) is 0 Å². The molecule has 2 atom stereocenters. The molecular formula is C14H27F3N2O. The van der Waals surface area contributed by atoms with E-state index < -0.39 is 18.3 Å². The third-order valence-corrected chi connectivity index (χ3v) is 4.04. The maximum Gasteiger partial charge on any atom is 0.401 e. The predicted molar refractivity (Wildman–Crippen MR) is 73.7 cm³/mol. The van der Waals surface area contributed by atoms with Crippen LogP contribution in [0, 0.1) is 0 Å². The van der Waals surface area contributed by atoms with E-state index in [9.17, 15) is 18.3 Å². The molecule has 1 rings (SSSR count). The number of nitrogens with one attached hydrogen (secondary N) is 1. The fourth-order valence-corrected chi connectivity index (χ4v) is 3.07. The molecule has 20 heavy (non-hydrogen) atoms. The van der Waals surface area contributed by atoms with Crippen molar-refractivity contribution >= 4 is 0 Å². The Labute approximate surface area is 119 Å². The molecular weight excluding hydrogens is 269 g/mol. The molecule has 0 saturated heterocycles. The van der Waals surface area contributed by atoms with Crippen LogP contribution in [0.1, 0.15) is 46.0 Å². The summed E-state index contributed by atoms with van der Waals surface area (Å²) < 4.78 is 38.0. The molecule has 2 unspecified atom stereocenters. The van der Waals surface area contributed by atoms with Gasteiger partial charge in [-0.15, -0.1) is 0 Å². The summed E-state index contributed by atoms with van der Waals surface area (Å²) in [6.45, 7) is 4.33. The summed E-state index contributed by atoms with van der Waals surface area (Å²) in [5, 5.41) is 12.9. The Morgan fingerprint density at radius 2 is 2.00 bits per heavy atom. The molecule has 1 aliphatic carbocycles. The first-order chi connectivity index (χ1) is 9.36. The minimum atomic E-state index is -4.16. The molecule has 0 radical (unpaired) electrons. The Bertz CT molecular complexity index is 286. The summed E-state index contributed by atoms with van der Waals surface area (Å²) >= 11 is 0. The Hall–Kier alpha value is -0.330. The first-order valence-electron chi connectivity index (χ1n) is 7.52. The quantitative estimate of drug-likeness (QED) is 0.722.